The molecule has 0 unspecified atom stereocenters. The van der Waals surface area contributed by atoms with Gasteiger partial charge in [-0.3, -0.25) is 0 Å². The Morgan fingerprint density at radius 3 is 2.33 bits per heavy atom. The molecule has 0 aliphatic carbocycles. The van der Waals surface area contributed by atoms with Crippen LogP contribution in [0, 0.1) is 6.92 Å². The molecule has 1 heterocycles. The summed E-state index contributed by atoms with van der Waals surface area (Å²) in [5, 5.41) is 0. The van der Waals surface area contributed by atoms with Crippen LogP contribution in [0.1, 0.15) is 31.2 Å². The molecule has 2 rings (SSSR count). The van der Waals surface area contributed by atoms with Crippen molar-refractivity contribution in [2.45, 2.75) is 39.4 Å². The molecule has 0 bridgehead atoms. The van der Waals surface area contributed by atoms with Crippen molar-refractivity contribution in [3.63, 3.8) is 0 Å². The van der Waals surface area contributed by atoms with Crippen molar-refractivity contribution in [1.82, 2.24) is 9.55 Å². The molecule has 0 amide bonds. The largest absolute Gasteiger partial charge is 0.416 e. The molecule has 2 aromatic rings. The van der Waals surface area contributed by atoms with Crippen LogP contribution in [0.4, 0.5) is 19.0 Å². The van der Waals surface area contributed by atoms with Crippen LogP contribution >= 0.6 is 0 Å². The number of unbranched alkanes of at least 4 members (excludes halogenated alkanes) is 1. The van der Waals surface area contributed by atoms with Gasteiger partial charge in [-0.1, -0.05) is 25.5 Å². The number of nitrogens with two attached hydrogens (primary N) is 1. The van der Waals surface area contributed by atoms with Crippen molar-refractivity contribution in [2.75, 3.05) is 5.73 Å². The summed E-state index contributed by atoms with van der Waals surface area (Å²) in [7, 11) is 0. The molecule has 6 heteroatoms. The summed E-state index contributed by atoms with van der Waals surface area (Å²) in [6.07, 6.45) is -2.32. The summed E-state index contributed by atoms with van der Waals surface area (Å²) >= 11 is 0. The summed E-state index contributed by atoms with van der Waals surface area (Å²) in [6.45, 7) is 4.70. The first-order valence-electron chi connectivity index (χ1n) is 6.84. The SMILES string of the molecule is CCCCn1c(C)nc(-c2ccc(C(F)(F)F)cc2)c1N. The highest BCUT2D eigenvalue weighted by Crippen LogP contribution is 2.32. The first kappa shape index (κ1) is 15.4. The minimum absolute atomic E-state index is 0.501. The normalized spacial score (nSPS) is 11.9. The van der Waals surface area contributed by atoms with Gasteiger partial charge in [-0.2, -0.15) is 13.2 Å². The number of benzene rings is 1. The van der Waals surface area contributed by atoms with E-state index in [4.69, 9.17) is 5.73 Å². The first-order valence-corrected chi connectivity index (χ1v) is 6.84. The average Bonchev–Trinajstić information content (AvgIpc) is 2.71. The zero-order chi connectivity index (χ0) is 15.6. The van der Waals surface area contributed by atoms with Crippen LogP contribution in [0.3, 0.4) is 0 Å². The fourth-order valence-corrected chi connectivity index (χ4v) is 2.21. The predicted molar refractivity (Wildman–Crippen MR) is 76.7 cm³/mol. The molecular formula is C15H18F3N3. The fraction of sp³-hybridized carbons (Fsp3) is 0.400. The number of hydrogen-bond acceptors (Lipinski definition) is 2. The van der Waals surface area contributed by atoms with Gasteiger partial charge in [-0.15, -0.1) is 0 Å². The van der Waals surface area contributed by atoms with Crippen LogP contribution in [-0.2, 0) is 12.7 Å². The number of imidazole rings is 1. The molecule has 0 atom stereocenters. The molecule has 21 heavy (non-hydrogen) atoms. The quantitative estimate of drug-likeness (QED) is 0.916. The highest BCUT2D eigenvalue weighted by atomic mass is 19.4. The lowest BCUT2D eigenvalue weighted by molar-refractivity contribution is -0.137. The minimum Gasteiger partial charge on any atom is -0.383 e. The molecule has 2 N–H and O–H groups in total. The average molecular weight is 297 g/mol. The second-order valence-corrected chi connectivity index (χ2v) is 4.97. The molecule has 1 aromatic carbocycles. The van der Waals surface area contributed by atoms with E-state index in [1.54, 1.807) is 0 Å². The van der Waals surface area contributed by atoms with Crippen molar-refractivity contribution < 1.29 is 13.2 Å². The monoisotopic (exact) mass is 297 g/mol. The number of halogens is 3. The van der Waals surface area contributed by atoms with Crippen molar-refractivity contribution in [3.8, 4) is 11.3 Å². The highest BCUT2D eigenvalue weighted by Gasteiger charge is 2.30. The summed E-state index contributed by atoms with van der Waals surface area (Å²) < 4.78 is 39.6. The third-order valence-electron chi connectivity index (χ3n) is 3.42. The Morgan fingerprint density at radius 2 is 1.81 bits per heavy atom. The Labute approximate surface area is 121 Å². The number of aromatic nitrogens is 2. The molecule has 0 saturated carbocycles. The van der Waals surface area contributed by atoms with Gasteiger partial charge >= 0.3 is 6.18 Å². The summed E-state index contributed by atoms with van der Waals surface area (Å²) in [6, 6.07) is 4.92. The molecule has 0 aliphatic heterocycles. The number of nitrogen functional groups attached to an aromatic ring is 1. The highest BCUT2D eigenvalue weighted by molar-refractivity contribution is 5.71. The van der Waals surface area contributed by atoms with Gasteiger partial charge in [0.25, 0.3) is 0 Å². The van der Waals surface area contributed by atoms with E-state index in [1.165, 1.54) is 12.1 Å². The Kier molecular flexibility index (Phi) is 4.25. The van der Waals surface area contributed by atoms with E-state index >= 15 is 0 Å². The Balaban J connectivity index is 2.34. The summed E-state index contributed by atoms with van der Waals surface area (Å²) in [4.78, 5) is 4.38. The zero-order valence-corrected chi connectivity index (χ0v) is 12.0. The maximum Gasteiger partial charge on any atom is 0.416 e. The summed E-state index contributed by atoms with van der Waals surface area (Å²) in [5.74, 6) is 1.27. The van der Waals surface area contributed by atoms with Gasteiger partial charge in [0, 0.05) is 12.1 Å². The topological polar surface area (TPSA) is 43.8 Å². The Bertz CT molecular complexity index is 612. The predicted octanol–water partition coefficient (Wildman–Crippen LogP) is 4.26. The van der Waals surface area contributed by atoms with Gasteiger partial charge in [0.2, 0.25) is 0 Å². The molecule has 0 fully saturated rings. The van der Waals surface area contributed by atoms with Gasteiger partial charge in [0.05, 0.1) is 5.56 Å². The lowest BCUT2D eigenvalue weighted by Gasteiger charge is -2.08. The van der Waals surface area contributed by atoms with E-state index in [1.807, 2.05) is 11.5 Å². The molecule has 114 valence electrons. The van der Waals surface area contributed by atoms with Gasteiger partial charge in [0.15, 0.2) is 0 Å². The van der Waals surface area contributed by atoms with E-state index in [-0.39, 0.29) is 0 Å². The van der Waals surface area contributed by atoms with Crippen molar-refractivity contribution >= 4 is 5.82 Å². The lowest BCUT2D eigenvalue weighted by Crippen LogP contribution is -2.05. The Hall–Kier alpha value is -1.98. The number of aryl methyl sites for hydroxylation is 1. The maximum absolute atomic E-state index is 12.6. The number of nitrogens with zero attached hydrogens (tertiary/aromatic N) is 2. The number of alkyl halides is 3. The smallest absolute Gasteiger partial charge is 0.383 e. The maximum atomic E-state index is 12.6. The Morgan fingerprint density at radius 1 is 1.19 bits per heavy atom. The third kappa shape index (κ3) is 3.20. The molecule has 0 spiro atoms. The van der Waals surface area contributed by atoms with Crippen LogP contribution in [-0.4, -0.2) is 9.55 Å². The van der Waals surface area contributed by atoms with Crippen LogP contribution in [0.25, 0.3) is 11.3 Å². The zero-order valence-electron chi connectivity index (χ0n) is 12.0. The number of anilines is 1. The van der Waals surface area contributed by atoms with Crippen LogP contribution < -0.4 is 5.73 Å². The second-order valence-electron chi connectivity index (χ2n) is 4.97. The summed E-state index contributed by atoms with van der Waals surface area (Å²) in [5.41, 5.74) is 6.54. The molecule has 1 aromatic heterocycles. The van der Waals surface area contributed by atoms with Crippen LogP contribution in [0.15, 0.2) is 24.3 Å². The number of rotatable bonds is 4. The first-order chi connectivity index (χ1) is 9.84. The van der Waals surface area contributed by atoms with Crippen LogP contribution in [0.2, 0.25) is 0 Å². The van der Waals surface area contributed by atoms with Crippen molar-refractivity contribution in [1.29, 1.82) is 0 Å². The van der Waals surface area contributed by atoms with E-state index in [0.29, 0.717) is 17.1 Å². The second kappa shape index (κ2) is 5.79. The van der Waals surface area contributed by atoms with E-state index < -0.39 is 11.7 Å². The van der Waals surface area contributed by atoms with E-state index in [9.17, 15) is 13.2 Å². The molecule has 0 radical (unpaired) electrons. The van der Waals surface area contributed by atoms with Gasteiger partial charge in [0.1, 0.15) is 17.3 Å². The lowest BCUT2D eigenvalue weighted by atomic mass is 10.1. The third-order valence-corrected chi connectivity index (χ3v) is 3.42. The van der Waals surface area contributed by atoms with Gasteiger partial charge in [-0.25, -0.2) is 4.98 Å². The van der Waals surface area contributed by atoms with Gasteiger partial charge < -0.3 is 10.3 Å². The minimum atomic E-state index is -4.33. The molecule has 0 aliphatic rings. The molecule has 3 nitrogen and oxygen atoms in total. The van der Waals surface area contributed by atoms with Crippen molar-refractivity contribution in [3.05, 3.63) is 35.7 Å². The molecular weight excluding hydrogens is 279 g/mol. The van der Waals surface area contributed by atoms with Gasteiger partial charge in [-0.05, 0) is 25.5 Å². The van der Waals surface area contributed by atoms with Crippen molar-refractivity contribution in [2.24, 2.45) is 0 Å². The number of hydrogen-bond donors (Lipinski definition) is 1. The molecule has 0 saturated heterocycles. The standard InChI is InChI=1S/C15H18F3N3/c1-3-4-9-21-10(2)20-13(14(21)19)11-5-7-12(8-6-11)15(16,17)18/h5-8H,3-4,9,19H2,1-2H3. The van der Waals surface area contributed by atoms with E-state index in [2.05, 4.69) is 11.9 Å². The fourth-order valence-electron chi connectivity index (χ4n) is 2.21. The van der Waals surface area contributed by atoms with E-state index in [0.717, 1.165) is 37.3 Å². The van der Waals surface area contributed by atoms with Crippen LogP contribution in [0.5, 0.6) is 0 Å².